The molecule has 0 radical (unpaired) electrons. The van der Waals surface area contributed by atoms with Gasteiger partial charge in [0.15, 0.2) is 5.78 Å². The number of benzene rings is 3. The Labute approximate surface area is 313 Å². The standard InChI is InChI=1S/C43H51NO6S2/c1-31-12-9-23-42(2)39(22-24-43(42,47)30-44(25-11-26-50-3)52(48,49)40-17-10-27-51-40)36-21-19-32(28-34(45)20-18-31)29-38(36)41(46)37-16-8-7-15-35(37)33-13-5-4-6-14-33/h4-8,10,12-17,19,21,27,29,34,39,45,47H,9,11,18,20,22-26,28,30H2,1-3H3/t34-,39-,42-,43+/m0/s1. The van der Waals surface area contributed by atoms with Gasteiger partial charge in [0.25, 0.3) is 10.0 Å². The fourth-order valence-corrected chi connectivity index (χ4v) is 11.1. The third-order valence-corrected chi connectivity index (χ3v) is 14.7. The van der Waals surface area contributed by atoms with Crippen LogP contribution in [0.2, 0.25) is 0 Å². The minimum atomic E-state index is -3.88. The Kier molecular flexibility index (Phi) is 12.0. The van der Waals surface area contributed by atoms with Gasteiger partial charge in [-0.15, -0.1) is 11.3 Å². The Hall–Kier alpha value is -3.44. The van der Waals surface area contributed by atoms with E-state index in [9.17, 15) is 23.4 Å². The predicted molar refractivity (Wildman–Crippen MR) is 208 cm³/mol. The molecule has 0 saturated heterocycles. The molecule has 276 valence electrons. The third kappa shape index (κ3) is 7.91. The summed E-state index contributed by atoms with van der Waals surface area (Å²) in [7, 11) is -2.28. The fraction of sp³-hybridized carbons (Fsp3) is 0.419. The second kappa shape index (κ2) is 16.3. The summed E-state index contributed by atoms with van der Waals surface area (Å²) in [4.78, 5) is 14.9. The summed E-state index contributed by atoms with van der Waals surface area (Å²) in [6, 6.07) is 26.9. The van der Waals surface area contributed by atoms with Gasteiger partial charge in [0.05, 0.1) is 11.7 Å². The molecule has 4 aromatic rings. The van der Waals surface area contributed by atoms with E-state index in [1.807, 2.05) is 72.8 Å². The smallest absolute Gasteiger partial charge is 0.252 e. The van der Waals surface area contributed by atoms with Crippen LogP contribution in [-0.4, -0.2) is 67.2 Å². The van der Waals surface area contributed by atoms with Gasteiger partial charge >= 0.3 is 0 Å². The van der Waals surface area contributed by atoms with Crippen LogP contribution in [0, 0.1) is 5.41 Å². The van der Waals surface area contributed by atoms with Crippen LogP contribution in [0.5, 0.6) is 0 Å². The highest BCUT2D eigenvalue weighted by Gasteiger charge is 2.58. The molecule has 2 N–H and O–H groups in total. The molecule has 1 fully saturated rings. The van der Waals surface area contributed by atoms with E-state index in [-0.39, 0.29) is 29.0 Å². The molecule has 3 aliphatic rings. The zero-order valence-electron chi connectivity index (χ0n) is 30.5. The van der Waals surface area contributed by atoms with Crippen LogP contribution in [0.25, 0.3) is 11.1 Å². The SMILES string of the molecule is COCCCN(C[C@]1(O)CC[C@H]2c3ccc(cc3C(=O)c3ccccc3-c3ccccc3)C[C@@H](O)CCC(C)=CCC[C@@]21C)S(=O)(=O)c1cccs1. The first-order valence-electron chi connectivity index (χ1n) is 18.4. The predicted octanol–water partition coefficient (Wildman–Crippen LogP) is 8.41. The van der Waals surface area contributed by atoms with Gasteiger partial charge in [0, 0.05) is 43.3 Å². The summed E-state index contributed by atoms with van der Waals surface area (Å²) < 4.78 is 35.2. The minimum Gasteiger partial charge on any atom is -0.393 e. The lowest BCUT2D eigenvalue weighted by molar-refractivity contribution is -0.0727. The average Bonchev–Trinajstić information content (AvgIpc) is 3.78. The number of ketones is 1. The molecular weight excluding hydrogens is 691 g/mol. The van der Waals surface area contributed by atoms with Gasteiger partial charge in [-0.05, 0) is 104 Å². The number of aliphatic hydroxyl groups is 2. The first-order chi connectivity index (χ1) is 25.0. The molecular formula is C43H51NO6S2. The zero-order chi connectivity index (χ0) is 36.9. The maximum atomic E-state index is 14.9. The molecule has 1 heterocycles. The first-order valence-corrected chi connectivity index (χ1v) is 20.7. The van der Waals surface area contributed by atoms with Crippen LogP contribution in [0.15, 0.2) is 106 Å². The van der Waals surface area contributed by atoms with Crippen LogP contribution in [0.3, 0.4) is 0 Å². The summed E-state index contributed by atoms with van der Waals surface area (Å²) in [5, 5.41) is 25.8. The van der Waals surface area contributed by atoms with E-state index in [4.69, 9.17) is 4.74 Å². The minimum absolute atomic E-state index is 0.0585. The topological polar surface area (TPSA) is 104 Å². The summed E-state index contributed by atoms with van der Waals surface area (Å²) in [6.07, 6.45) is 6.15. The van der Waals surface area contributed by atoms with Crippen molar-refractivity contribution in [1.29, 1.82) is 0 Å². The van der Waals surface area contributed by atoms with E-state index in [2.05, 4.69) is 19.9 Å². The number of methoxy groups -OCH3 is 1. The highest BCUT2D eigenvalue weighted by atomic mass is 32.2. The van der Waals surface area contributed by atoms with Gasteiger partial charge in [-0.25, -0.2) is 8.42 Å². The van der Waals surface area contributed by atoms with Crippen LogP contribution < -0.4 is 0 Å². The number of ether oxygens (including phenoxy) is 1. The molecule has 2 bridgehead atoms. The number of nitrogens with zero attached hydrogens (tertiary/aromatic N) is 1. The lowest BCUT2D eigenvalue weighted by Crippen LogP contribution is -2.54. The van der Waals surface area contributed by atoms with Crippen LogP contribution in [0.1, 0.15) is 91.8 Å². The second-order valence-corrected chi connectivity index (χ2v) is 17.9. The van der Waals surface area contributed by atoms with Gasteiger partial charge in [-0.3, -0.25) is 4.79 Å². The number of carbonyl (C=O) groups is 1. The Morgan fingerprint density at radius 3 is 2.50 bits per heavy atom. The first kappa shape index (κ1) is 38.3. The van der Waals surface area contributed by atoms with Crippen molar-refractivity contribution >= 4 is 27.1 Å². The van der Waals surface area contributed by atoms with E-state index in [0.29, 0.717) is 62.7 Å². The molecule has 3 aliphatic carbocycles. The average molecular weight is 742 g/mol. The number of carbonyl (C=O) groups excluding carboxylic acids is 1. The number of sulfonamides is 1. The molecule has 4 atom stereocenters. The molecule has 0 amide bonds. The summed E-state index contributed by atoms with van der Waals surface area (Å²) in [5.74, 6) is -0.339. The van der Waals surface area contributed by atoms with E-state index in [1.54, 1.807) is 24.6 Å². The molecule has 0 unspecified atom stereocenters. The van der Waals surface area contributed by atoms with Gasteiger partial charge < -0.3 is 14.9 Å². The summed E-state index contributed by atoms with van der Waals surface area (Å²) in [6.45, 7) is 4.73. The molecule has 3 aromatic carbocycles. The van der Waals surface area contributed by atoms with E-state index < -0.39 is 27.1 Å². The third-order valence-electron chi connectivity index (χ3n) is 11.5. The van der Waals surface area contributed by atoms with Crippen molar-refractivity contribution < 1.29 is 28.2 Å². The van der Waals surface area contributed by atoms with E-state index in [1.165, 1.54) is 21.2 Å². The number of rotatable bonds is 11. The number of thiophene rings is 1. The quantitative estimate of drug-likeness (QED) is 0.0910. The van der Waals surface area contributed by atoms with Crippen molar-refractivity contribution in [2.45, 2.75) is 87.0 Å². The van der Waals surface area contributed by atoms with Crippen LogP contribution >= 0.6 is 11.3 Å². The highest BCUT2D eigenvalue weighted by molar-refractivity contribution is 7.91. The van der Waals surface area contributed by atoms with E-state index >= 15 is 0 Å². The molecule has 0 spiro atoms. The van der Waals surface area contributed by atoms with Crippen molar-refractivity contribution in [3.63, 3.8) is 0 Å². The largest absolute Gasteiger partial charge is 0.393 e. The van der Waals surface area contributed by atoms with Gasteiger partial charge in [0.2, 0.25) is 0 Å². The monoisotopic (exact) mass is 741 g/mol. The van der Waals surface area contributed by atoms with Crippen molar-refractivity contribution in [2.24, 2.45) is 5.41 Å². The van der Waals surface area contributed by atoms with Gasteiger partial charge in [0.1, 0.15) is 4.21 Å². The number of aliphatic hydroxyl groups excluding tert-OH is 1. The molecule has 7 rings (SSSR count). The second-order valence-electron chi connectivity index (χ2n) is 14.8. The lowest BCUT2D eigenvalue weighted by atomic mass is 9.64. The Morgan fingerprint density at radius 2 is 1.75 bits per heavy atom. The Bertz CT molecular complexity index is 1980. The van der Waals surface area contributed by atoms with Crippen LogP contribution in [0.4, 0.5) is 0 Å². The summed E-state index contributed by atoms with van der Waals surface area (Å²) in [5.41, 5.74) is 3.71. The fourth-order valence-electron chi connectivity index (χ4n) is 8.39. The van der Waals surface area contributed by atoms with Gasteiger partial charge in [-0.2, -0.15) is 4.31 Å². The normalized spacial score (nSPS) is 24.0. The number of allylic oxidation sites excluding steroid dienone is 2. The van der Waals surface area contributed by atoms with Gasteiger partial charge in [-0.1, -0.05) is 91.4 Å². The maximum absolute atomic E-state index is 14.9. The number of fused-ring (bicyclic) bond motifs is 8. The van der Waals surface area contributed by atoms with Crippen molar-refractivity contribution in [1.82, 2.24) is 4.31 Å². The Morgan fingerprint density at radius 1 is 0.981 bits per heavy atom. The number of hydrogen-bond donors (Lipinski definition) is 2. The molecule has 1 aromatic heterocycles. The maximum Gasteiger partial charge on any atom is 0.252 e. The molecule has 0 aliphatic heterocycles. The van der Waals surface area contributed by atoms with Crippen molar-refractivity contribution in [3.05, 3.63) is 124 Å². The van der Waals surface area contributed by atoms with Crippen LogP contribution in [-0.2, 0) is 21.2 Å². The molecule has 7 nitrogen and oxygen atoms in total. The Balaban J connectivity index is 1.47. The highest BCUT2D eigenvalue weighted by Crippen LogP contribution is 2.59. The molecule has 52 heavy (non-hydrogen) atoms. The molecule has 9 heteroatoms. The summed E-state index contributed by atoms with van der Waals surface area (Å²) >= 11 is 1.18. The number of hydrogen-bond acceptors (Lipinski definition) is 7. The zero-order valence-corrected chi connectivity index (χ0v) is 32.1. The van der Waals surface area contributed by atoms with Crippen molar-refractivity contribution in [2.75, 3.05) is 26.8 Å². The molecule has 1 saturated carbocycles. The van der Waals surface area contributed by atoms with Crippen molar-refractivity contribution in [3.8, 4) is 11.1 Å². The van der Waals surface area contributed by atoms with E-state index in [0.717, 1.165) is 28.7 Å². The lowest BCUT2D eigenvalue weighted by Gasteiger charge is -2.46.